The molecule has 0 aromatic heterocycles. The number of carbonyl (C=O) groups is 1. The molecule has 1 saturated carbocycles. The van der Waals surface area contributed by atoms with Crippen LogP contribution in [0.1, 0.15) is 26.2 Å². The second-order valence-corrected chi connectivity index (χ2v) is 3.41. The van der Waals surface area contributed by atoms with Crippen LogP contribution < -0.4 is 11.5 Å². The second-order valence-electron chi connectivity index (χ2n) is 3.41. The summed E-state index contributed by atoms with van der Waals surface area (Å²) in [5.41, 5.74) is 10.5. The minimum atomic E-state index is -0.420. The molecule has 1 amide bonds. The van der Waals surface area contributed by atoms with Gasteiger partial charge in [-0.15, -0.1) is 0 Å². The number of amides is 1. The average molecular weight is 156 g/mol. The standard InChI is InChI=1S/C8H16N2O/c1-2-5-3-6(5)4-7(9)8(10)11/h5-7H,2-4,9H2,1H3,(H2,10,11). The van der Waals surface area contributed by atoms with Crippen LogP contribution in [0.3, 0.4) is 0 Å². The van der Waals surface area contributed by atoms with E-state index >= 15 is 0 Å². The number of hydrogen-bond acceptors (Lipinski definition) is 2. The molecule has 1 rings (SSSR count). The minimum Gasteiger partial charge on any atom is -0.368 e. The van der Waals surface area contributed by atoms with Crippen molar-refractivity contribution in [2.24, 2.45) is 23.3 Å². The molecule has 3 nitrogen and oxygen atoms in total. The highest BCUT2D eigenvalue weighted by atomic mass is 16.1. The molecule has 0 heterocycles. The van der Waals surface area contributed by atoms with E-state index in [1.807, 2.05) is 0 Å². The Morgan fingerprint density at radius 1 is 1.64 bits per heavy atom. The number of rotatable bonds is 4. The average Bonchev–Trinajstić information content (AvgIpc) is 2.67. The van der Waals surface area contributed by atoms with Gasteiger partial charge >= 0.3 is 0 Å². The van der Waals surface area contributed by atoms with E-state index in [4.69, 9.17) is 11.5 Å². The number of primary amides is 1. The van der Waals surface area contributed by atoms with E-state index in [1.54, 1.807) is 0 Å². The van der Waals surface area contributed by atoms with Crippen molar-refractivity contribution < 1.29 is 4.79 Å². The largest absolute Gasteiger partial charge is 0.368 e. The van der Waals surface area contributed by atoms with Crippen molar-refractivity contribution >= 4 is 5.91 Å². The molecule has 3 unspecified atom stereocenters. The van der Waals surface area contributed by atoms with E-state index in [9.17, 15) is 4.79 Å². The summed E-state index contributed by atoms with van der Waals surface area (Å²) in [5, 5.41) is 0. The van der Waals surface area contributed by atoms with Crippen LogP contribution in [0.2, 0.25) is 0 Å². The zero-order chi connectivity index (χ0) is 8.43. The molecule has 1 fully saturated rings. The van der Waals surface area contributed by atoms with E-state index in [-0.39, 0.29) is 5.91 Å². The Hall–Kier alpha value is -0.570. The molecule has 0 bridgehead atoms. The Bertz CT molecular complexity index is 158. The molecule has 0 aromatic rings. The highest BCUT2D eigenvalue weighted by Crippen LogP contribution is 2.43. The summed E-state index contributed by atoms with van der Waals surface area (Å²) in [4.78, 5) is 10.6. The third-order valence-electron chi connectivity index (χ3n) is 2.52. The van der Waals surface area contributed by atoms with Crippen LogP contribution in [-0.4, -0.2) is 11.9 Å². The molecule has 0 radical (unpaired) electrons. The van der Waals surface area contributed by atoms with Crippen LogP contribution in [0.5, 0.6) is 0 Å². The molecular weight excluding hydrogens is 140 g/mol. The van der Waals surface area contributed by atoms with Gasteiger partial charge in [0.05, 0.1) is 6.04 Å². The molecule has 0 aliphatic heterocycles. The molecule has 0 spiro atoms. The Kier molecular flexibility index (Phi) is 2.49. The lowest BCUT2D eigenvalue weighted by atomic mass is 10.1. The molecule has 11 heavy (non-hydrogen) atoms. The van der Waals surface area contributed by atoms with Gasteiger partial charge in [0.15, 0.2) is 0 Å². The van der Waals surface area contributed by atoms with Gasteiger partial charge in [-0.1, -0.05) is 13.3 Å². The lowest BCUT2D eigenvalue weighted by Gasteiger charge is -2.04. The van der Waals surface area contributed by atoms with Crippen molar-refractivity contribution in [2.75, 3.05) is 0 Å². The van der Waals surface area contributed by atoms with Gasteiger partial charge in [-0.2, -0.15) is 0 Å². The first-order chi connectivity index (χ1) is 5.15. The fraction of sp³-hybridized carbons (Fsp3) is 0.875. The van der Waals surface area contributed by atoms with Crippen LogP contribution >= 0.6 is 0 Å². The van der Waals surface area contributed by atoms with Crippen LogP contribution in [0.25, 0.3) is 0 Å². The molecule has 64 valence electrons. The molecule has 4 N–H and O–H groups in total. The second kappa shape index (κ2) is 3.22. The molecule has 3 heteroatoms. The van der Waals surface area contributed by atoms with Crippen molar-refractivity contribution in [3.05, 3.63) is 0 Å². The van der Waals surface area contributed by atoms with Crippen LogP contribution in [-0.2, 0) is 4.79 Å². The van der Waals surface area contributed by atoms with E-state index in [1.165, 1.54) is 12.8 Å². The van der Waals surface area contributed by atoms with Crippen LogP contribution in [0.15, 0.2) is 0 Å². The zero-order valence-corrected chi connectivity index (χ0v) is 6.92. The van der Waals surface area contributed by atoms with E-state index in [2.05, 4.69) is 6.92 Å². The fourth-order valence-electron chi connectivity index (χ4n) is 1.54. The summed E-state index contributed by atoms with van der Waals surface area (Å²) in [5.74, 6) is 1.11. The first-order valence-corrected chi connectivity index (χ1v) is 4.20. The van der Waals surface area contributed by atoms with Gasteiger partial charge in [-0.05, 0) is 24.7 Å². The summed E-state index contributed by atoms with van der Waals surface area (Å²) in [6, 6.07) is -0.420. The third-order valence-corrected chi connectivity index (χ3v) is 2.52. The first-order valence-electron chi connectivity index (χ1n) is 4.20. The van der Waals surface area contributed by atoms with Crippen molar-refractivity contribution in [1.29, 1.82) is 0 Å². The first kappa shape index (κ1) is 8.53. The van der Waals surface area contributed by atoms with Gasteiger partial charge in [0.25, 0.3) is 0 Å². The Labute approximate surface area is 67.1 Å². The van der Waals surface area contributed by atoms with Gasteiger partial charge in [0.1, 0.15) is 0 Å². The molecular formula is C8H16N2O. The van der Waals surface area contributed by atoms with Crippen molar-refractivity contribution in [3.63, 3.8) is 0 Å². The maximum absolute atomic E-state index is 10.6. The predicted molar refractivity (Wildman–Crippen MR) is 43.7 cm³/mol. The summed E-state index contributed by atoms with van der Waals surface area (Å²) >= 11 is 0. The summed E-state index contributed by atoms with van der Waals surface area (Å²) in [6.07, 6.45) is 3.22. The van der Waals surface area contributed by atoms with Crippen molar-refractivity contribution in [3.8, 4) is 0 Å². The Morgan fingerprint density at radius 2 is 2.27 bits per heavy atom. The maximum Gasteiger partial charge on any atom is 0.234 e. The molecule has 0 aromatic carbocycles. The van der Waals surface area contributed by atoms with Gasteiger partial charge in [0, 0.05) is 0 Å². The lowest BCUT2D eigenvalue weighted by molar-refractivity contribution is -0.119. The smallest absolute Gasteiger partial charge is 0.234 e. The van der Waals surface area contributed by atoms with E-state index in [0.29, 0.717) is 5.92 Å². The molecule has 0 saturated heterocycles. The SMILES string of the molecule is CCC1CC1CC(N)C(N)=O. The maximum atomic E-state index is 10.6. The normalized spacial score (nSPS) is 31.5. The molecule has 3 atom stereocenters. The predicted octanol–water partition coefficient (Wildman–Crippen LogP) is 0.235. The number of nitrogens with two attached hydrogens (primary N) is 2. The van der Waals surface area contributed by atoms with Gasteiger partial charge < -0.3 is 11.5 Å². The van der Waals surface area contributed by atoms with E-state index in [0.717, 1.165) is 12.3 Å². The van der Waals surface area contributed by atoms with Gasteiger partial charge in [-0.3, -0.25) is 4.79 Å². The number of carbonyl (C=O) groups excluding carboxylic acids is 1. The van der Waals surface area contributed by atoms with Gasteiger partial charge in [0.2, 0.25) is 5.91 Å². The Morgan fingerprint density at radius 3 is 2.64 bits per heavy atom. The van der Waals surface area contributed by atoms with Crippen LogP contribution in [0.4, 0.5) is 0 Å². The highest BCUT2D eigenvalue weighted by Gasteiger charge is 2.36. The summed E-state index contributed by atoms with van der Waals surface area (Å²) < 4.78 is 0. The highest BCUT2D eigenvalue weighted by molar-refractivity contribution is 5.79. The van der Waals surface area contributed by atoms with Crippen molar-refractivity contribution in [2.45, 2.75) is 32.2 Å². The molecule has 1 aliphatic rings. The fourth-order valence-corrected chi connectivity index (χ4v) is 1.54. The van der Waals surface area contributed by atoms with Crippen molar-refractivity contribution in [1.82, 2.24) is 0 Å². The minimum absolute atomic E-state index is 0.369. The lowest BCUT2D eigenvalue weighted by Crippen LogP contribution is -2.36. The zero-order valence-electron chi connectivity index (χ0n) is 6.92. The topological polar surface area (TPSA) is 69.1 Å². The van der Waals surface area contributed by atoms with Crippen LogP contribution in [0, 0.1) is 11.8 Å². The monoisotopic (exact) mass is 156 g/mol. The van der Waals surface area contributed by atoms with E-state index < -0.39 is 6.04 Å². The van der Waals surface area contributed by atoms with Gasteiger partial charge in [-0.25, -0.2) is 0 Å². The summed E-state index contributed by atoms with van der Waals surface area (Å²) in [6.45, 7) is 2.17. The molecule has 1 aliphatic carbocycles. The number of hydrogen-bond donors (Lipinski definition) is 2. The Balaban J connectivity index is 2.18. The third kappa shape index (κ3) is 2.19. The quantitative estimate of drug-likeness (QED) is 0.612. The summed E-state index contributed by atoms with van der Waals surface area (Å²) in [7, 11) is 0.